The maximum atomic E-state index is 10.7. The molecular weight excluding hydrogens is 238 g/mol. The third-order valence-electron chi connectivity index (χ3n) is 1.90. The first-order valence-corrected chi connectivity index (χ1v) is 6.07. The van der Waals surface area contributed by atoms with E-state index in [4.69, 9.17) is 5.11 Å². The number of allylic oxidation sites excluding steroid dienone is 1. The van der Waals surface area contributed by atoms with Gasteiger partial charge in [-0.3, -0.25) is 4.79 Å². The summed E-state index contributed by atoms with van der Waals surface area (Å²) in [6, 6.07) is 3.25. The Morgan fingerprint density at radius 3 is 2.94 bits per heavy atom. The van der Waals surface area contributed by atoms with E-state index >= 15 is 0 Å². The quantitative estimate of drug-likeness (QED) is 0.814. The minimum absolute atomic E-state index is 0.0326. The highest BCUT2D eigenvalue weighted by Crippen LogP contribution is 2.07. The highest BCUT2D eigenvalue weighted by molar-refractivity contribution is 8.13. The molecule has 1 heterocycles. The van der Waals surface area contributed by atoms with Gasteiger partial charge < -0.3 is 5.11 Å². The van der Waals surface area contributed by atoms with E-state index in [2.05, 4.69) is 4.98 Å². The highest BCUT2D eigenvalue weighted by Gasteiger charge is 2.02. The molecule has 0 aliphatic rings. The van der Waals surface area contributed by atoms with Crippen molar-refractivity contribution in [2.45, 2.75) is 13.3 Å². The minimum Gasteiger partial charge on any atom is -0.477 e. The lowest BCUT2D eigenvalue weighted by atomic mass is 10.2. The SMILES string of the molecule is CC(=O)SCCC=Cc1ccnc(C(=O)O)c1. The summed E-state index contributed by atoms with van der Waals surface area (Å²) >= 11 is 1.28. The average Bonchev–Trinajstić information content (AvgIpc) is 2.28. The number of carboxylic acid groups (broad SMARTS) is 1. The number of pyridine rings is 1. The molecule has 1 N–H and O–H groups in total. The topological polar surface area (TPSA) is 67.3 Å². The summed E-state index contributed by atoms with van der Waals surface area (Å²) < 4.78 is 0. The van der Waals surface area contributed by atoms with Gasteiger partial charge in [-0.2, -0.15) is 0 Å². The molecule has 0 spiro atoms. The molecule has 0 fully saturated rings. The van der Waals surface area contributed by atoms with Crippen LogP contribution in [0.4, 0.5) is 0 Å². The molecule has 5 heteroatoms. The van der Waals surface area contributed by atoms with Crippen molar-refractivity contribution >= 4 is 28.9 Å². The van der Waals surface area contributed by atoms with Gasteiger partial charge in [0.15, 0.2) is 5.12 Å². The van der Waals surface area contributed by atoms with Crippen LogP contribution in [-0.4, -0.2) is 26.9 Å². The van der Waals surface area contributed by atoms with E-state index in [1.54, 1.807) is 6.07 Å². The van der Waals surface area contributed by atoms with Crippen LogP contribution < -0.4 is 0 Å². The monoisotopic (exact) mass is 251 g/mol. The van der Waals surface area contributed by atoms with Gasteiger partial charge in [-0.25, -0.2) is 9.78 Å². The number of carboxylic acids is 1. The molecule has 1 aromatic heterocycles. The predicted molar refractivity (Wildman–Crippen MR) is 68.0 cm³/mol. The normalized spacial score (nSPS) is 10.6. The number of aromatic nitrogens is 1. The van der Waals surface area contributed by atoms with Crippen LogP contribution in [0.1, 0.15) is 29.4 Å². The molecule has 90 valence electrons. The molecule has 0 amide bonds. The van der Waals surface area contributed by atoms with Gasteiger partial charge in [0.2, 0.25) is 0 Å². The average molecular weight is 251 g/mol. The molecule has 0 aliphatic heterocycles. The second-order valence-corrected chi connectivity index (χ2v) is 4.58. The molecule has 1 aromatic rings. The van der Waals surface area contributed by atoms with E-state index in [-0.39, 0.29) is 10.8 Å². The lowest BCUT2D eigenvalue weighted by Gasteiger charge is -1.96. The summed E-state index contributed by atoms with van der Waals surface area (Å²) in [5.41, 5.74) is 0.829. The summed E-state index contributed by atoms with van der Waals surface area (Å²) in [7, 11) is 0. The van der Waals surface area contributed by atoms with Gasteiger partial charge in [-0.15, -0.1) is 0 Å². The Kier molecular flexibility index (Phi) is 5.42. The summed E-state index contributed by atoms with van der Waals surface area (Å²) in [5.74, 6) is -0.296. The highest BCUT2D eigenvalue weighted by atomic mass is 32.2. The first-order chi connectivity index (χ1) is 8.09. The predicted octanol–water partition coefficient (Wildman–Crippen LogP) is 2.46. The molecule has 0 saturated carbocycles. The van der Waals surface area contributed by atoms with Crippen molar-refractivity contribution in [2.24, 2.45) is 0 Å². The maximum Gasteiger partial charge on any atom is 0.354 e. The van der Waals surface area contributed by atoms with E-state index < -0.39 is 5.97 Å². The number of nitrogens with zero attached hydrogens (tertiary/aromatic N) is 1. The third-order valence-corrected chi connectivity index (χ3v) is 2.75. The molecule has 0 saturated heterocycles. The number of aromatic carboxylic acids is 1. The van der Waals surface area contributed by atoms with Gasteiger partial charge in [0, 0.05) is 18.9 Å². The first-order valence-electron chi connectivity index (χ1n) is 5.09. The van der Waals surface area contributed by atoms with Crippen LogP contribution in [0.2, 0.25) is 0 Å². The molecular formula is C12H13NO3S. The Bertz CT molecular complexity index is 443. The lowest BCUT2D eigenvalue weighted by molar-refractivity contribution is -0.109. The summed E-state index contributed by atoms with van der Waals surface area (Å²) in [6.07, 6.45) is 5.98. The zero-order valence-electron chi connectivity index (χ0n) is 9.42. The Morgan fingerprint density at radius 1 is 1.53 bits per heavy atom. The van der Waals surface area contributed by atoms with Gasteiger partial charge in [0.05, 0.1) is 0 Å². The number of carbonyl (C=O) groups excluding carboxylic acids is 1. The standard InChI is InChI=1S/C12H13NO3S/c1-9(14)17-7-3-2-4-10-5-6-13-11(8-10)12(15)16/h2,4-6,8H,3,7H2,1H3,(H,15,16). The molecule has 0 aromatic carbocycles. The van der Waals surface area contributed by atoms with Crippen LogP contribution in [0.25, 0.3) is 6.08 Å². The van der Waals surface area contributed by atoms with Crippen LogP contribution >= 0.6 is 11.8 Å². The smallest absolute Gasteiger partial charge is 0.354 e. The second kappa shape index (κ2) is 6.85. The molecule has 0 bridgehead atoms. The molecule has 0 aliphatic carbocycles. The molecule has 0 atom stereocenters. The van der Waals surface area contributed by atoms with Gasteiger partial charge in [0.1, 0.15) is 5.69 Å². The second-order valence-electron chi connectivity index (χ2n) is 3.31. The summed E-state index contributed by atoms with van der Waals surface area (Å²) in [6.45, 7) is 1.54. The van der Waals surface area contributed by atoms with E-state index in [9.17, 15) is 9.59 Å². The van der Waals surface area contributed by atoms with Crippen molar-refractivity contribution < 1.29 is 14.7 Å². The number of hydrogen-bond acceptors (Lipinski definition) is 4. The third kappa shape index (κ3) is 5.31. The van der Waals surface area contributed by atoms with E-state index in [1.165, 1.54) is 30.9 Å². The Labute approximate surface area is 104 Å². The minimum atomic E-state index is -1.03. The van der Waals surface area contributed by atoms with Crippen molar-refractivity contribution in [2.75, 3.05) is 5.75 Å². The number of carbonyl (C=O) groups is 2. The van der Waals surface area contributed by atoms with Gasteiger partial charge in [-0.1, -0.05) is 23.9 Å². The van der Waals surface area contributed by atoms with Crippen molar-refractivity contribution in [3.63, 3.8) is 0 Å². The van der Waals surface area contributed by atoms with E-state index in [0.29, 0.717) is 0 Å². The van der Waals surface area contributed by atoms with E-state index in [1.807, 2.05) is 12.2 Å². The first kappa shape index (κ1) is 13.4. The molecule has 4 nitrogen and oxygen atoms in total. The van der Waals surface area contributed by atoms with Gasteiger partial charge in [-0.05, 0) is 24.1 Å². The number of rotatable bonds is 5. The zero-order chi connectivity index (χ0) is 12.7. The molecule has 0 unspecified atom stereocenters. The van der Waals surface area contributed by atoms with Crippen LogP contribution in [0.3, 0.4) is 0 Å². The van der Waals surface area contributed by atoms with Crippen LogP contribution in [-0.2, 0) is 4.79 Å². The van der Waals surface area contributed by atoms with Gasteiger partial charge >= 0.3 is 5.97 Å². The zero-order valence-corrected chi connectivity index (χ0v) is 10.2. The molecule has 1 rings (SSSR count). The van der Waals surface area contributed by atoms with Crippen molar-refractivity contribution in [3.05, 3.63) is 35.7 Å². The summed E-state index contributed by atoms with van der Waals surface area (Å²) in [5, 5.41) is 8.86. The molecule has 0 radical (unpaired) electrons. The van der Waals surface area contributed by atoms with Crippen molar-refractivity contribution in [3.8, 4) is 0 Å². The number of hydrogen-bond donors (Lipinski definition) is 1. The Morgan fingerprint density at radius 2 is 2.29 bits per heavy atom. The number of thioether (sulfide) groups is 1. The van der Waals surface area contributed by atoms with Crippen LogP contribution in [0.5, 0.6) is 0 Å². The van der Waals surface area contributed by atoms with E-state index in [0.717, 1.165) is 17.7 Å². The fraction of sp³-hybridized carbons (Fsp3) is 0.250. The molecule has 17 heavy (non-hydrogen) atoms. The van der Waals surface area contributed by atoms with Gasteiger partial charge in [0.25, 0.3) is 0 Å². The van der Waals surface area contributed by atoms with Crippen LogP contribution in [0, 0.1) is 0 Å². The maximum absolute atomic E-state index is 10.7. The fourth-order valence-electron chi connectivity index (χ4n) is 1.16. The largest absolute Gasteiger partial charge is 0.477 e. The lowest BCUT2D eigenvalue weighted by Crippen LogP contribution is -1.99. The van der Waals surface area contributed by atoms with Crippen molar-refractivity contribution in [1.82, 2.24) is 4.98 Å². The van der Waals surface area contributed by atoms with Crippen molar-refractivity contribution in [1.29, 1.82) is 0 Å². The van der Waals surface area contributed by atoms with Crippen LogP contribution in [0.15, 0.2) is 24.4 Å². The Balaban J connectivity index is 2.50. The summed E-state index contributed by atoms with van der Waals surface area (Å²) in [4.78, 5) is 25.1. The Hall–Kier alpha value is -1.62. The fourth-order valence-corrected chi connectivity index (χ4v) is 1.70.